The third-order valence-electron chi connectivity index (χ3n) is 6.50. The molecule has 170 valence electrons. The summed E-state index contributed by atoms with van der Waals surface area (Å²) in [6.07, 6.45) is 7.10. The highest BCUT2D eigenvalue weighted by Crippen LogP contribution is 2.26. The van der Waals surface area contributed by atoms with Crippen LogP contribution in [-0.4, -0.2) is 64.7 Å². The number of nitrogens with zero attached hydrogens (tertiary/aromatic N) is 5. The number of nitrogens with two attached hydrogens (primary N) is 1. The number of hydrogen-bond donors (Lipinski definition) is 1. The van der Waals surface area contributed by atoms with Gasteiger partial charge in [-0.3, -0.25) is 14.7 Å². The van der Waals surface area contributed by atoms with Gasteiger partial charge in [-0.2, -0.15) is 0 Å². The molecule has 4 rings (SSSR count). The number of aromatic nitrogens is 2. The average molecular weight is 437 g/mol. The Bertz CT molecular complexity index is 919. The van der Waals surface area contributed by atoms with Gasteiger partial charge >= 0.3 is 0 Å². The molecular formula is C24H32N6O2. The third kappa shape index (κ3) is 5.43. The summed E-state index contributed by atoms with van der Waals surface area (Å²) in [4.78, 5) is 31.2. The molecular weight excluding hydrogens is 404 g/mol. The Morgan fingerprint density at radius 2 is 1.81 bits per heavy atom. The van der Waals surface area contributed by atoms with Crippen LogP contribution in [-0.2, 0) is 16.2 Å². The van der Waals surface area contributed by atoms with Crippen molar-refractivity contribution in [3.8, 4) is 0 Å². The maximum Gasteiger partial charge on any atom is 0.225 e. The highest BCUT2D eigenvalue weighted by atomic mass is 16.6. The Kier molecular flexibility index (Phi) is 7.32. The molecule has 0 unspecified atom stereocenters. The van der Waals surface area contributed by atoms with Crippen LogP contribution in [0.15, 0.2) is 47.9 Å². The number of anilines is 1. The fourth-order valence-corrected chi connectivity index (χ4v) is 4.76. The zero-order valence-electron chi connectivity index (χ0n) is 18.7. The second-order valence-electron chi connectivity index (χ2n) is 8.61. The molecule has 0 bridgehead atoms. The number of rotatable bonds is 6. The van der Waals surface area contributed by atoms with Crippen molar-refractivity contribution < 1.29 is 9.63 Å². The van der Waals surface area contributed by atoms with Gasteiger partial charge in [0.05, 0.1) is 5.69 Å². The van der Waals surface area contributed by atoms with Crippen LogP contribution in [0.3, 0.4) is 0 Å². The lowest BCUT2D eigenvalue weighted by Gasteiger charge is -2.37. The van der Waals surface area contributed by atoms with Gasteiger partial charge in [0, 0.05) is 43.9 Å². The van der Waals surface area contributed by atoms with E-state index in [0.717, 1.165) is 69.8 Å². The monoisotopic (exact) mass is 436 g/mol. The van der Waals surface area contributed by atoms with Crippen LogP contribution in [0.5, 0.6) is 0 Å². The lowest BCUT2D eigenvalue weighted by molar-refractivity contribution is -0.138. The van der Waals surface area contributed by atoms with E-state index in [-0.39, 0.29) is 11.8 Å². The first kappa shape index (κ1) is 22.2. The van der Waals surface area contributed by atoms with E-state index in [1.807, 2.05) is 35.2 Å². The van der Waals surface area contributed by atoms with Crippen molar-refractivity contribution in [2.75, 3.05) is 39.0 Å². The minimum atomic E-state index is 0.119. The van der Waals surface area contributed by atoms with Crippen molar-refractivity contribution >= 4 is 17.4 Å². The molecule has 1 amide bonds. The molecule has 32 heavy (non-hydrogen) atoms. The topological polar surface area (TPSA) is 96.9 Å². The summed E-state index contributed by atoms with van der Waals surface area (Å²) >= 11 is 0. The first-order valence-corrected chi connectivity index (χ1v) is 11.4. The lowest BCUT2D eigenvalue weighted by atomic mass is 9.88. The fourth-order valence-electron chi connectivity index (χ4n) is 4.76. The van der Waals surface area contributed by atoms with Crippen LogP contribution >= 0.6 is 0 Å². The van der Waals surface area contributed by atoms with Crippen molar-refractivity contribution in [1.29, 1.82) is 0 Å². The van der Waals surface area contributed by atoms with E-state index in [4.69, 9.17) is 10.6 Å². The van der Waals surface area contributed by atoms with E-state index < -0.39 is 0 Å². The predicted octanol–water partition coefficient (Wildman–Crippen LogP) is 2.56. The van der Waals surface area contributed by atoms with Crippen LogP contribution in [0.2, 0.25) is 0 Å². The first-order valence-electron chi connectivity index (χ1n) is 11.4. The maximum absolute atomic E-state index is 13.2. The smallest absolute Gasteiger partial charge is 0.225 e. The number of carbonyl (C=O) groups is 1. The molecule has 2 aliphatic heterocycles. The van der Waals surface area contributed by atoms with Crippen molar-refractivity contribution in [2.45, 2.75) is 32.2 Å². The number of amides is 1. The summed E-state index contributed by atoms with van der Waals surface area (Å²) in [5, 5.41) is 4.26. The molecule has 0 aromatic carbocycles. The molecule has 0 atom stereocenters. The van der Waals surface area contributed by atoms with Crippen LogP contribution < -0.4 is 5.73 Å². The molecule has 2 fully saturated rings. The molecule has 0 aliphatic carbocycles. The SMILES string of the molecule is CO/N=C(/c1ccccn1)C1CCN(C(=O)C2CCN(Cc3ccnc(N)c3)CC2)CC1. The molecule has 0 spiro atoms. The summed E-state index contributed by atoms with van der Waals surface area (Å²) in [5.74, 6) is 1.23. The first-order chi connectivity index (χ1) is 15.6. The van der Waals surface area contributed by atoms with Gasteiger partial charge in [0.25, 0.3) is 0 Å². The van der Waals surface area contributed by atoms with Crippen LogP contribution in [0, 0.1) is 11.8 Å². The molecule has 8 heteroatoms. The van der Waals surface area contributed by atoms with Gasteiger partial charge < -0.3 is 15.5 Å². The Labute approximate surface area is 189 Å². The molecule has 2 aliphatic rings. The van der Waals surface area contributed by atoms with Crippen LogP contribution in [0.4, 0.5) is 5.82 Å². The number of nitrogen functional groups attached to an aromatic ring is 1. The van der Waals surface area contributed by atoms with E-state index in [9.17, 15) is 4.79 Å². The minimum Gasteiger partial charge on any atom is -0.399 e. The van der Waals surface area contributed by atoms with E-state index in [1.165, 1.54) is 5.56 Å². The molecule has 2 saturated heterocycles. The van der Waals surface area contributed by atoms with E-state index in [0.29, 0.717) is 11.7 Å². The summed E-state index contributed by atoms with van der Waals surface area (Å²) in [6.45, 7) is 4.23. The number of oxime groups is 1. The predicted molar refractivity (Wildman–Crippen MR) is 124 cm³/mol. The number of hydrogen-bond acceptors (Lipinski definition) is 7. The van der Waals surface area contributed by atoms with Crippen molar-refractivity contribution in [3.05, 3.63) is 54.0 Å². The summed E-state index contributed by atoms with van der Waals surface area (Å²) in [6, 6.07) is 9.75. The van der Waals surface area contributed by atoms with E-state index in [1.54, 1.807) is 19.5 Å². The van der Waals surface area contributed by atoms with Gasteiger partial charge in [0.2, 0.25) is 5.91 Å². The molecule has 0 saturated carbocycles. The number of pyridine rings is 2. The summed E-state index contributed by atoms with van der Waals surface area (Å²) in [5.41, 5.74) is 8.69. The molecule has 2 aromatic heterocycles. The Morgan fingerprint density at radius 1 is 1.06 bits per heavy atom. The lowest BCUT2D eigenvalue weighted by Crippen LogP contribution is -2.46. The van der Waals surface area contributed by atoms with Gasteiger partial charge in [0.1, 0.15) is 18.6 Å². The fraction of sp³-hybridized carbons (Fsp3) is 0.500. The highest BCUT2D eigenvalue weighted by Gasteiger charge is 2.32. The quantitative estimate of drug-likeness (QED) is 0.552. The van der Waals surface area contributed by atoms with Gasteiger partial charge in [-0.1, -0.05) is 11.2 Å². The number of piperidine rings is 2. The Hall–Kier alpha value is -3.00. The number of carbonyl (C=O) groups excluding carboxylic acids is 1. The second-order valence-corrected chi connectivity index (χ2v) is 8.61. The molecule has 2 aromatic rings. The zero-order valence-corrected chi connectivity index (χ0v) is 18.7. The number of likely N-dealkylation sites (tertiary alicyclic amines) is 2. The summed E-state index contributed by atoms with van der Waals surface area (Å²) in [7, 11) is 1.57. The maximum atomic E-state index is 13.2. The van der Waals surface area contributed by atoms with Gasteiger partial charge in [-0.25, -0.2) is 4.98 Å². The van der Waals surface area contributed by atoms with E-state index >= 15 is 0 Å². The van der Waals surface area contributed by atoms with Gasteiger partial charge in [-0.15, -0.1) is 0 Å². The molecule has 8 nitrogen and oxygen atoms in total. The summed E-state index contributed by atoms with van der Waals surface area (Å²) < 4.78 is 0. The van der Waals surface area contributed by atoms with Crippen molar-refractivity contribution in [3.63, 3.8) is 0 Å². The normalized spacial score (nSPS) is 19.2. The van der Waals surface area contributed by atoms with Crippen LogP contribution in [0.1, 0.15) is 36.9 Å². The molecule has 4 heterocycles. The zero-order chi connectivity index (χ0) is 22.3. The Balaban J connectivity index is 1.27. The third-order valence-corrected chi connectivity index (χ3v) is 6.50. The van der Waals surface area contributed by atoms with E-state index in [2.05, 4.69) is 20.0 Å². The highest BCUT2D eigenvalue weighted by molar-refractivity contribution is 6.00. The van der Waals surface area contributed by atoms with Crippen molar-refractivity contribution in [1.82, 2.24) is 19.8 Å². The Morgan fingerprint density at radius 3 is 2.47 bits per heavy atom. The molecule has 2 N–H and O–H groups in total. The van der Waals surface area contributed by atoms with Gasteiger partial charge in [0.15, 0.2) is 0 Å². The molecule has 0 radical (unpaired) electrons. The second kappa shape index (κ2) is 10.5. The van der Waals surface area contributed by atoms with Gasteiger partial charge in [-0.05, 0) is 68.6 Å². The van der Waals surface area contributed by atoms with Crippen molar-refractivity contribution in [2.24, 2.45) is 17.0 Å². The average Bonchev–Trinajstić information content (AvgIpc) is 2.83. The van der Waals surface area contributed by atoms with Crippen LogP contribution in [0.25, 0.3) is 0 Å². The minimum absolute atomic E-state index is 0.119. The largest absolute Gasteiger partial charge is 0.399 e. The standard InChI is InChI=1S/C24H32N6O2/c1-32-28-23(21-4-2-3-10-26-21)19-8-14-30(15-9-19)24(31)20-6-12-29(13-7-20)17-18-5-11-27-22(25)16-18/h2-5,10-11,16,19-20H,6-9,12-15,17H2,1H3,(H2,25,27)/b28-23+.